The average molecular weight is 276 g/mol. The van der Waals surface area contributed by atoms with Crippen molar-refractivity contribution in [3.05, 3.63) is 24.3 Å². The topological polar surface area (TPSA) is 96.2 Å². The van der Waals surface area contributed by atoms with E-state index in [9.17, 15) is 9.59 Å². The molecular weight excluding hydrogens is 256 g/mol. The number of benzene rings is 1. The molecule has 108 valence electrons. The Labute approximate surface area is 118 Å². The van der Waals surface area contributed by atoms with Crippen LogP contribution in [-0.2, 0) is 4.79 Å². The van der Waals surface area contributed by atoms with Crippen LogP contribution in [0.25, 0.3) is 0 Å². The van der Waals surface area contributed by atoms with Crippen molar-refractivity contribution in [2.45, 2.75) is 25.8 Å². The minimum Gasteiger partial charge on any atom is -0.351 e. The van der Waals surface area contributed by atoms with Crippen LogP contribution in [0.15, 0.2) is 24.3 Å². The van der Waals surface area contributed by atoms with E-state index in [1.807, 2.05) is 0 Å². The van der Waals surface area contributed by atoms with Crippen molar-refractivity contribution in [1.82, 2.24) is 5.32 Å². The highest BCUT2D eigenvalue weighted by Crippen LogP contribution is 2.20. The first-order valence-electron chi connectivity index (χ1n) is 6.75. The summed E-state index contributed by atoms with van der Waals surface area (Å²) >= 11 is 0. The summed E-state index contributed by atoms with van der Waals surface area (Å²) in [5.41, 5.74) is 6.29. The number of rotatable bonds is 3. The van der Waals surface area contributed by atoms with Crippen molar-refractivity contribution >= 4 is 23.3 Å². The van der Waals surface area contributed by atoms with Crippen molar-refractivity contribution in [2.24, 2.45) is 11.7 Å². The number of hydrogen-bond acceptors (Lipinski definition) is 3. The molecule has 0 aliphatic carbocycles. The third kappa shape index (κ3) is 3.96. The molecule has 0 saturated carbocycles. The standard InChI is InChI=1S/C14H20N4O2/c1-9-7-10(5-6-16-9)13(19)17-11-3-2-4-12(8-11)18-14(15)20/h2-4,8-10,16H,5-7H2,1H3,(H,17,19)(H3,15,18,20)/t9-,10-/m0/s1. The number of primary amides is 1. The molecule has 0 radical (unpaired) electrons. The van der Waals surface area contributed by atoms with Gasteiger partial charge in [0.1, 0.15) is 0 Å². The molecular formula is C14H20N4O2. The maximum absolute atomic E-state index is 12.2. The van der Waals surface area contributed by atoms with Crippen molar-refractivity contribution < 1.29 is 9.59 Å². The van der Waals surface area contributed by atoms with Crippen LogP contribution >= 0.6 is 0 Å². The molecule has 1 aromatic carbocycles. The zero-order chi connectivity index (χ0) is 14.5. The summed E-state index contributed by atoms with van der Waals surface area (Å²) < 4.78 is 0. The minimum atomic E-state index is -0.624. The Morgan fingerprint density at radius 3 is 2.65 bits per heavy atom. The third-order valence-corrected chi connectivity index (χ3v) is 3.39. The van der Waals surface area contributed by atoms with Crippen LogP contribution in [0.5, 0.6) is 0 Å². The summed E-state index contributed by atoms with van der Waals surface area (Å²) in [6.07, 6.45) is 1.68. The SMILES string of the molecule is C[C@H]1C[C@@H](C(=O)Nc2cccc(NC(N)=O)c2)CCN1. The van der Waals surface area contributed by atoms with Gasteiger partial charge in [-0.25, -0.2) is 4.79 Å². The molecule has 20 heavy (non-hydrogen) atoms. The number of carbonyl (C=O) groups excluding carboxylic acids is 2. The number of amides is 3. The van der Waals surface area contributed by atoms with Gasteiger partial charge >= 0.3 is 6.03 Å². The lowest BCUT2D eigenvalue weighted by atomic mass is 9.92. The van der Waals surface area contributed by atoms with E-state index >= 15 is 0 Å². The Morgan fingerprint density at radius 2 is 2.00 bits per heavy atom. The van der Waals surface area contributed by atoms with E-state index in [-0.39, 0.29) is 11.8 Å². The third-order valence-electron chi connectivity index (χ3n) is 3.39. The van der Waals surface area contributed by atoms with E-state index in [0.717, 1.165) is 19.4 Å². The maximum atomic E-state index is 12.2. The van der Waals surface area contributed by atoms with Crippen LogP contribution < -0.4 is 21.7 Å². The van der Waals surface area contributed by atoms with Gasteiger partial charge in [-0.15, -0.1) is 0 Å². The highest BCUT2D eigenvalue weighted by Gasteiger charge is 2.24. The summed E-state index contributed by atoms with van der Waals surface area (Å²) in [5, 5.41) is 8.69. The second kappa shape index (κ2) is 6.38. The quantitative estimate of drug-likeness (QED) is 0.673. The number of nitrogens with one attached hydrogen (secondary N) is 3. The van der Waals surface area contributed by atoms with E-state index in [1.165, 1.54) is 0 Å². The molecule has 1 saturated heterocycles. The summed E-state index contributed by atoms with van der Waals surface area (Å²) in [6, 6.07) is 6.68. The van der Waals surface area contributed by atoms with Crippen LogP contribution in [0, 0.1) is 5.92 Å². The van der Waals surface area contributed by atoms with Gasteiger partial charge in [-0.2, -0.15) is 0 Å². The first kappa shape index (κ1) is 14.3. The molecule has 1 aliphatic rings. The van der Waals surface area contributed by atoms with E-state index in [1.54, 1.807) is 24.3 Å². The van der Waals surface area contributed by atoms with Gasteiger partial charge in [0, 0.05) is 23.3 Å². The van der Waals surface area contributed by atoms with Gasteiger partial charge < -0.3 is 21.7 Å². The van der Waals surface area contributed by atoms with Gasteiger partial charge in [-0.1, -0.05) is 6.07 Å². The Hall–Kier alpha value is -2.08. The Balaban J connectivity index is 1.98. The van der Waals surface area contributed by atoms with Crippen LogP contribution in [0.4, 0.5) is 16.2 Å². The molecule has 1 aliphatic heterocycles. The Morgan fingerprint density at radius 1 is 1.30 bits per heavy atom. The molecule has 2 atom stereocenters. The Kier molecular flexibility index (Phi) is 4.57. The van der Waals surface area contributed by atoms with Crippen LogP contribution in [0.2, 0.25) is 0 Å². The van der Waals surface area contributed by atoms with E-state index < -0.39 is 6.03 Å². The minimum absolute atomic E-state index is 0.0228. The summed E-state index contributed by atoms with van der Waals surface area (Å²) in [7, 11) is 0. The molecule has 0 spiro atoms. The predicted molar refractivity (Wildman–Crippen MR) is 78.5 cm³/mol. The molecule has 1 heterocycles. The van der Waals surface area contributed by atoms with E-state index in [0.29, 0.717) is 17.4 Å². The molecule has 1 aromatic rings. The molecule has 5 N–H and O–H groups in total. The van der Waals surface area contributed by atoms with Gasteiger partial charge in [0.2, 0.25) is 5.91 Å². The van der Waals surface area contributed by atoms with Gasteiger partial charge in [0.25, 0.3) is 0 Å². The lowest BCUT2D eigenvalue weighted by molar-refractivity contribution is -0.120. The normalized spacial score (nSPS) is 22.1. The molecule has 0 unspecified atom stereocenters. The second-order valence-corrected chi connectivity index (χ2v) is 5.14. The smallest absolute Gasteiger partial charge is 0.316 e. The number of anilines is 2. The highest BCUT2D eigenvalue weighted by molar-refractivity contribution is 5.94. The van der Waals surface area contributed by atoms with Crippen LogP contribution in [0.3, 0.4) is 0 Å². The van der Waals surface area contributed by atoms with E-state index in [4.69, 9.17) is 5.73 Å². The molecule has 0 bridgehead atoms. The fraction of sp³-hybridized carbons (Fsp3) is 0.429. The van der Waals surface area contributed by atoms with Crippen molar-refractivity contribution in [1.29, 1.82) is 0 Å². The van der Waals surface area contributed by atoms with Gasteiger partial charge in [-0.05, 0) is 44.5 Å². The van der Waals surface area contributed by atoms with Gasteiger partial charge in [0.05, 0.1) is 0 Å². The first-order valence-corrected chi connectivity index (χ1v) is 6.75. The average Bonchev–Trinajstić information content (AvgIpc) is 2.38. The maximum Gasteiger partial charge on any atom is 0.316 e. The number of hydrogen-bond donors (Lipinski definition) is 4. The zero-order valence-electron chi connectivity index (χ0n) is 11.5. The van der Waals surface area contributed by atoms with Crippen molar-refractivity contribution in [3.63, 3.8) is 0 Å². The summed E-state index contributed by atoms with van der Waals surface area (Å²) in [6.45, 7) is 2.94. The van der Waals surface area contributed by atoms with Crippen molar-refractivity contribution in [2.75, 3.05) is 17.2 Å². The second-order valence-electron chi connectivity index (χ2n) is 5.14. The lowest BCUT2D eigenvalue weighted by Crippen LogP contribution is -2.40. The number of carbonyl (C=O) groups is 2. The largest absolute Gasteiger partial charge is 0.351 e. The fourth-order valence-corrected chi connectivity index (χ4v) is 2.43. The zero-order valence-corrected chi connectivity index (χ0v) is 11.5. The number of piperidine rings is 1. The van der Waals surface area contributed by atoms with Crippen LogP contribution in [0.1, 0.15) is 19.8 Å². The van der Waals surface area contributed by atoms with Gasteiger partial charge in [-0.3, -0.25) is 4.79 Å². The molecule has 0 aromatic heterocycles. The fourth-order valence-electron chi connectivity index (χ4n) is 2.43. The van der Waals surface area contributed by atoms with Gasteiger partial charge in [0.15, 0.2) is 0 Å². The lowest BCUT2D eigenvalue weighted by Gasteiger charge is -2.27. The summed E-state index contributed by atoms with van der Waals surface area (Å²) in [5.74, 6) is 0.0496. The van der Waals surface area contributed by atoms with Crippen LogP contribution in [-0.4, -0.2) is 24.5 Å². The predicted octanol–water partition coefficient (Wildman–Crippen LogP) is 1.50. The molecule has 6 heteroatoms. The molecule has 3 amide bonds. The number of nitrogens with two attached hydrogens (primary N) is 1. The molecule has 2 rings (SSSR count). The molecule has 1 fully saturated rings. The highest BCUT2D eigenvalue weighted by atomic mass is 16.2. The molecule has 6 nitrogen and oxygen atoms in total. The van der Waals surface area contributed by atoms with E-state index in [2.05, 4.69) is 22.9 Å². The monoisotopic (exact) mass is 276 g/mol. The number of urea groups is 1. The first-order chi connectivity index (χ1) is 9.54. The Bertz CT molecular complexity index is 504. The van der Waals surface area contributed by atoms with Crippen molar-refractivity contribution in [3.8, 4) is 0 Å². The summed E-state index contributed by atoms with van der Waals surface area (Å²) in [4.78, 5) is 23.0.